The standard InChI is InChI=1S/C22H29N3O7S2/c1-3-23-22(26)18-6-9-20(31-2)21(16-18)33(27,28)24-11-10-17-4-7-19(8-5-17)34(29,30)25-12-14-32-15-13-25/h4-9,16,24H,3,10-15H2,1-2H3,(H,23,26). The van der Waals surface area contributed by atoms with Crippen LogP contribution in [0, 0.1) is 0 Å². The fourth-order valence-electron chi connectivity index (χ4n) is 3.46. The van der Waals surface area contributed by atoms with Crippen molar-refractivity contribution in [2.75, 3.05) is 46.5 Å². The number of amides is 1. The van der Waals surface area contributed by atoms with Crippen molar-refractivity contribution in [3.8, 4) is 5.75 Å². The van der Waals surface area contributed by atoms with Crippen molar-refractivity contribution in [2.45, 2.75) is 23.1 Å². The van der Waals surface area contributed by atoms with E-state index in [0.717, 1.165) is 5.56 Å². The number of ether oxygens (including phenoxy) is 2. The van der Waals surface area contributed by atoms with Gasteiger partial charge in [0, 0.05) is 31.7 Å². The van der Waals surface area contributed by atoms with E-state index in [1.54, 1.807) is 19.1 Å². The van der Waals surface area contributed by atoms with E-state index in [1.807, 2.05) is 0 Å². The Morgan fingerprint density at radius 1 is 1.06 bits per heavy atom. The number of nitrogens with zero attached hydrogens (tertiary/aromatic N) is 1. The Morgan fingerprint density at radius 2 is 1.74 bits per heavy atom. The number of carbonyl (C=O) groups is 1. The van der Waals surface area contributed by atoms with Gasteiger partial charge >= 0.3 is 0 Å². The summed E-state index contributed by atoms with van der Waals surface area (Å²) in [5.41, 5.74) is 0.978. The highest BCUT2D eigenvalue weighted by atomic mass is 32.2. The maximum absolute atomic E-state index is 12.9. The Hall–Kier alpha value is -2.51. The quantitative estimate of drug-likeness (QED) is 0.486. The number of carbonyl (C=O) groups excluding carboxylic acids is 1. The molecule has 2 aromatic carbocycles. The van der Waals surface area contributed by atoms with Crippen molar-refractivity contribution in [3.05, 3.63) is 53.6 Å². The smallest absolute Gasteiger partial charge is 0.251 e. The molecule has 34 heavy (non-hydrogen) atoms. The number of sulfonamides is 2. The predicted octanol–water partition coefficient (Wildman–Crippen LogP) is 0.987. The molecule has 0 spiro atoms. The molecule has 0 aliphatic carbocycles. The molecule has 1 aliphatic rings. The molecule has 0 bridgehead atoms. The Kier molecular flexibility index (Phi) is 8.66. The Balaban J connectivity index is 1.67. The third-order valence-electron chi connectivity index (χ3n) is 5.29. The normalized spacial score (nSPS) is 15.1. The molecule has 1 saturated heterocycles. The fourth-order valence-corrected chi connectivity index (χ4v) is 6.09. The van der Waals surface area contributed by atoms with Crippen LogP contribution in [0.1, 0.15) is 22.8 Å². The summed E-state index contributed by atoms with van der Waals surface area (Å²) >= 11 is 0. The zero-order valence-electron chi connectivity index (χ0n) is 19.1. The summed E-state index contributed by atoms with van der Waals surface area (Å²) in [7, 11) is -6.19. The van der Waals surface area contributed by atoms with E-state index in [-0.39, 0.29) is 33.6 Å². The third kappa shape index (κ3) is 6.13. The molecule has 0 saturated carbocycles. The first-order chi connectivity index (χ1) is 16.2. The second-order valence-electron chi connectivity index (χ2n) is 7.53. The number of methoxy groups -OCH3 is 1. The lowest BCUT2D eigenvalue weighted by Gasteiger charge is -2.26. The van der Waals surface area contributed by atoms with Crippen molar-refractivity contribution in [3.63, 3.8) is 0 Å². The number of benzene rings is 2. The van der Waals surface area contributed by atoms with Crippen LogP contribution in [0.3, 0.4) is 0 Å². The third-order valence-corrected chi connectivity index (χ3v) is 8.68. The van der Waals surface area contributed by atoms with Crippen LogP contribution in [0.5, 0.6) is 5.75 Å². The maximum atomic E-state index is 12.9. The van der Waals surface area contributed by atoms with E-state index in [2.05, 4.69) is 10.0 Å². The van der Waals surface area contributed by atoms with Crippen molar-refractivity contribution >= 4 is 26.0 Å². The summed E-state index contributed by atoms with van der Waals surface area (Å²) in [6, 6.07) is 10.6. The van der Waals surface area contributed by atoms with Gasteiger partial charge in [-0.2, -0.15) is 4.31 Å². The van der Waals surface area contributed by atoms with Gasteiger partial charge in [0.15, 0.2) is 0 Å². The first kappa shape index (κ1) is 26.1. The van der Waals surface area contributed by atoms with Crippen LogP contribution >= 0.6 is 0 Å². The van der Waals surface area contributed by atoms with E-state index in [9.17, 15) is 21.6 Å². The Morgan fingerprint density at radius 3 is 2.35 bits per heavy atom. The van der Waals surface area contributed by atoms with Gasteiger partial charge in [-0.15, -0.1) is 0 Å². The lowest BCUT2D eigenvalue weighted by molar-refractivity contribution is 0.0730. The summed E-state index contributed by atoms with van der Waals surface area (Å²) in [5.74, 6) is -0.257. The predicted molar refractivity (Wildman–Crippen MR) is 126 cm³/mol. The minimum Gasteiger partial charge on any atom is -0.495 e. The lowest BCUT2D eigenvalue weighted by Crippen LogP contribution is -2.40. The van der Waals surface area contributed by atoms with Crippen molar-refractivity contribution in [1.29, 1.82) is 0 Å². The molecule has 186 valence electrons. The molecule has 0 atom stereocenters. The van der Waals surface area contributed by atoms with E-state index in [4.69, 9.17) is 9.47 Å². The van der Waals surface area contributed by atoms with Gasteiger partial charge in [-0.3, -0.25) is 4.79 Å². The largest absolute Gasteiger partial charge is 0.495 e. The van der Waals surface area contributed by atoms with Gasteiger partial charge in [0.25, 0.3) is 5.91 Å². The van der Waals surface area contributed by atoms with Gasteiger partial charge in [-0.05, 0) is 49.2 Å². The summed E-state index contributed by atoms with van der Waals surface area (Å²) < 4.78 is 65.5. The SMILES string of the molecule is CCNC(=O)c1ccc(OC)c(S(=O)(=O)NCCc2ccc(S(=O)(=O)N3CCOCC3)cc2)c1. The molecule has 1 amide bonds. The van der Waals surface area contributed by atoms with Crippen LogP contribution in [-0.4, -0.2) is 73.6 Å². The molecule has 2 N–H and O–H groups in total. The molecule has 0 aromatic heterocycles. The van der Waals surface area contributed by atoms with Gasteiger partial charge in [0.05, 0.1) is 25.2 Å². The Bertz CT molecular complexity index is 1210. The first-order valence-electron chi connectivity index (χ1n) is 10.8. The number of hydrogen-bond donors (Lipinski definition) is 2. The van der Waals surface area contributed by atoms with Crippen molar-refractivity contribution < 1.29 is 31.1 Å². The molecule has 10 nitrogen and oxygen atoms in total. The Labute approximate surface area is 200 Å². The van der Waals surface area contributed by atoms with E-state index < -0.39 is 20.0 Å². The topological polar surface area (TPSA) is 131 Å². The highest BCUT2D eigenvalue weighted by Crippen LogP contribution is 2.25. The molecular weight excluding hydrogens is 482 g/mol. The molecular formula is C22H29N3O7S2. The highest BCUT2D eigenvalue weighted by molar-refractivity contribution is 7.89. The molecule has 12 heteroatoms. The fraction of sp³-hybridized carbons (Fsp3) is 0.409. The number of hydrogen-bond acceptors (Lipinski definition) is 7. The summed E-state index contributed by atoms with van der Waals surface area (Å²) in [5, 5.41) is 2.63. The lowest BCUT2D eigenvalue weighted by atomic mass is 10.2. The number of rotatable bonds is 10. The molecule has 2 aromatic rings. The van der Waals surface area contributed by atoms with Crippen molar-refractivity contribution in [2.24, 2.45) is 0 Å². The van der Waals surface area contributed by atoms with E-state index in [0.29, 0.717) is 39.3 Å². The maximum Gasteiger partial charge on any atom is 0.251 e. The van der Waals surface area contributed by atoms with E-state index >= 15 is 0 Å². The molecule has 3 rings (SSSR count). The van der Waals surface area contributed by atoms with Gasteiger partial charge in [0.1, 0.15) is 10.6 Å². The van der Waals surface area contributed by atoms with Crippen LogP contribution in [0.25, 0.3) is 0 Å². The second-order valence-corrected chi connectivity index (χ2v) is 11.2. The van der Waals surface area contributed by atoms with Crippen LogP contribution in [-0.2, 0) is 31.2 Å². The van der Waals surface area contributed by atoms with Gasteiger partial charge < -0.3 is 14.8 Å². The van der Waals surface area contributed by atoms with Crippen LogP contribution in [0.15, 0.2) is 52.3 Å². The minimum atomic E-state index is -3.96. The van der Waals surface area contributed by atoms with Crippen molar-refractivity contribution in [1.82, 2.24) is 14.3 Å². The van der Waals surface area contributed by atoms with Crippen LogP contribution in [0.2, 0.25) is 0 Å². The zero-order chi connectivity index (χ0) is 24.8. The summed E-state index contributed by atoms with van der Waals surface area (Å²) in [4.78, 5) is 12.2. The van der Waals surface area contributed by atoms with E-state index in [1.165, 1.54) is 41.7 Å². The summed E-state index contributed by atoms with van der Waals surface area (Å²) in [6.45, 7) is 3.63. The number of nitrogens with one attached hydrogen (secondary N) is 2. The molecule has 0 radical (unpaired) electrons. The van der Waals surface area contributed by atoms with Gasteiger partial charge in [-0.1, -0.05) is 12.1 Å². The number of morpholine rings is 1. The molecule has 0 unspecified atom stereocenters. The van der Waals surface area contributed by atoms with Gasteiger partial charge in [0.2, 0.25) is 20.0 Å². The average Bonchev–Trinajstić information content (AvgIpc) is 2.84. The minimum absolute atomic E-state index is 0.0758. The zero-order valence-corrected chi connectivity index (χ0v) is 20.7. The molecule has 1 fully saturated rings. The molecule has 1 heterocycles. The van der Waals surface area contributed by atoms with Gasteiger partial charge in [-0.25, -0.2) is 21.6 Å². The van der Waals surface area contributed by atoms with Crippen LogP contribution < -0.4 is 14.8 Å². The first-order valence-corrected chi connectivity index (χ1v) is 13.7. The highest BCUT2D eigenvalue weighted by Gasteiger charge is 2.26. The summed E-state index contributed by atoms with van der Waals surface area (Å²) in [6.07, 6.45) is 0.343. The monoisotopic (exact) mass is 511 g/mol. The van der Waals surface area contributed by atoms with Crippen LogP contribution in [0.4, 0.5) is 0 Å². The molecule has 1 aliphatic heterocycles. The second kappa shape index (κ2) is 11.3. The average molecular weight is 512 g/mol.